The van der Waals surface area contributed by atoms with Gasteiger partial charge in [0.2, 0.25) is 0 Å². The molecule has 0 aliphatic heterocycles. The molecule has 2 aromatic carbocycles. The van der Waals surface area contributed by atoms with Crippen molar-refractivity contribution in [2.75, 3.05) is 0 Å². The number of hydrogen-bond donors (Lipinski definition) is 1. The molecule has 1 unspecified atom stereocenters. The van der Waals surface area contributed by atoms with Gasteiger partial charge < -0.3 is 19.7 Å². The van der Waals surface area contributed by atoms with E-state index in [0.29, 0.717) is 22.2 Å². The second kappa shape index (κ2) is 8.46. The Kier molecular flexibility index (Phi) is 5.82. The second-order valence-corrected chi connectivity index (χ2v) is 8.25. The van der Waals surface area contributed by atoms with Crippen molar-refractivity contribution in [1.29, 1.82) is 0 Å². The number of hydrogen-bond acceptors (Lipinski definition) is 5. The van der Waals surface area contributed by atoms with Gasteiger partial charge in [-0.05, 0) is 73.7 Å². The first-order valence-electron chi connectivity index (χ1n) is 10.5. The summed E-state index contributed by atoms with van der Waals surface area (Å²) in [6, 6.07) is 8.82. The molecule has 0 spiro atoms. The third kappa shape index (κ3) is 4.40. The molecule has 33 heavy (non-hydrogen) atoms. The highest BCUT2D eigenvalue weighted by atomic mass is 19.4. The molecule has 0 bridgehead atoms. The van der Waals surface area contributed by atoms with Crippen molar-refractivity contribution >= 4 is 22.8 Å². The van der Waals surface area contributed by atoms with Crippen molar-refractivity contribution in [2.45, 2.75) is 44.9 Å². The number of phenolic OH excluding ortho intramolecular Hbond substituents is 1. The molecular weight excluding hydrogens is 439 g/mol. The maximum Gasteiger partial charge on any atom is 0.573 e. The largest absolute Gasteiger partial charge is 0.573 e. The van der Waals surface area contributed by atoms with Crippen LogP contribution < -0.4 is 9.84 Å². The van der Waals surface area contributed by atoms with Gasteiger partial charge in [-0.2, -0.15) is 0 Å². The van der Waals surface area contributed by atoms with E-state index < -0.39 is 29.9 Å². The quantitative estimate of drug-likeness (QED) is 0.614. The summed E-state index contributed by atoms with van der Waals surface area (Å²) in [5, 5.41) is 22.7. The Labute approximate surface area is 187 Å². The lowest BCUT2D eigenvalue weighted by molar-refractivity contribution is -0.309. The zero-order valence-electron chi connectivity index (χ0n) is 17.7. The number of ether oxygens (including phenoxy) is 1. The van der Waals surface area contributed by atoms with E-state index in [-0.39, 0.29) is 17.2 Å². The lowest BCUT2D eigenvalue weighted by atomic mass is 9.83. The summed E-state index contributed by atoms with van der Waals surface area (Å²) < 4.78 is 42.5. The Morgan fingerprint density at radius 1 is 1.12 bits per heavy atom. The van der Waals surface area contributed by atoms with Crippen molar-refractivity contribution in [1.82, 2.24) is 4.57 Å². The summed E-state index contributed by atoms with van der Waals surface area (Å²) in [4.78, 5) is 25.6. The highest BCUT2D eigenvalue weighted by Gasteiger charge is 2.33. The number of aliphatic carboxylic acids is 1. The molecule has 1 N–H and O–H groups in total. The molecule has 1 fully saturated rings. The SMILES string of the molecule is Cc1c(C(C(=O)[O-])C2CCCC2)c2cc(O)ccc2n1C(=O)c1ccc(OC(F)(F)F)cc1. The normalized spacial score (nSPS) is 15.6. The number of halogens is 3. The molecule has 0 saturated heterocycles. The Morgan fingerprint density at radius 3 is 2.33 bits per heavy atom. The number of aromatic hydroxyl groups is 1. The van der Waals surface area contributed by atoms with Gasteiger partial charge in [0.1, 0.15) is 11.5 Å². The minimum absolute atomic E-state index is 0.0782. The van der Waals surface area contributed by atoms with Crippen LogP contribution in [0.4, 0.5) is 13.2 Å². The van der Waals surface area contributed by atoms with Gasteiger partial charge in [-0.1, -0.05) is 12.8 Å². The maximum atomic E-state index is 13.4. The number of carboxylic acids is 1. The number of carbonyl (C=O) groups excluding carboxylic acids is 2. The molecule has 0 amide bonds. The Morgan fingerprint density at radius 2 is 1.76 bits per heavy atom. The van der Waals surface area contributed by atoms with Gasteiger partial charge >= 0.3 is 6.36 Å². The van der Waals surface area contributed by atoms with Crippen molar-refractivity contribution in [3.05, 3.63) is 59.3 Å². The monoisotopic (exact) mass is 460 g/mol. The van der Waals surface area contributed by atoms with Crippen LogP contribution in [0.3, 0.4) is 0 Å². The fourth-order valence-corrected chi connectivity index (χ4v) is 4.85. The van der Waals surface area contributed by atoms with E-state index in [1.165, 1.54) is 34.9 Å². The van der Waals surface area contributed by atoms with Crippen LogP contribution in [0.2, 0.25) is 0 Å². The molecule has 1 atom stereocenters. The number of carboxylic acid groups (broad SMARTS) is 1. The molecule has 9 heteroatoms. The van der Waals surface area contributed by atoms with Crippen LogP contribution in [0.15, 0.2) is 42.5 Å². The number of carbonyl (C=O) groups is 2. The Bertz CT molecular complexity index is 1210. The molecule has 1 saturated carbocycles. The van der Waals surface area contributed by atoms with Gasteiger partial charge in [-0.3, -0.25) is 9.36 Å². The molecular formula is C24H21F3NO5-. The molecule has 174 valence electrons. The molecule has 1 aromatic heterocycles. The third-order valence-corrected chi connectivity index (χ3v) is 6.21. The topological polar surface area (TPSA) is 91.6 Å². The van der Waals surface area contributed by atoms with E-state index in [4.69, 9.17) is 0 Å². The summed E-state index contributed by atoms with van der Waals surface area (Å²) >= 11 is 0. The number of rotatable bonds is 5. The number of phenols is 1. The van der Waals surface area contributed by atoms with Gasteiger partial charge in [0.15, 0.2) is 0 Å². The van der Waals surface area contributed by atoms with Crippen molar-refractivity contribution in [3.63, 3.8) is 0 Å². The third-order valence-electron chi connectivity index (χ3n) is 6.21. The summed E-state index contributed by atoms with van der Waals surface area (Å²) in [5.41, 5.74) is 1.29. The average molecular weight is 460 g/mol. The minimum atomic E-state index is -4.85. The lowest BCUT2D eigenvalue weighted by Crippen LogP contribution is -2.34. The molecule has 4 rings (SSSR count). The van der Waals surface area contributed by atoms with Crippen molar-refractivity contribution in [3.8, 4) is 11.5 Å². The fourth-order valence-electron chi connectivity index (χ4n) is 4.85. The van der Waals surface area contributed by atoms with Gasteiger partial charge in [0.25, 0.3) is 5.91 Å². The second-order valence-electron chi connectivity index (χ2n) is 8.25. The van der Waals surface area contributed by atoms with Gasteiger partial charge in [-0.15, -0.1) is 13.2 Å². The first-order chi connectivity index (χ1) is 15.6. The number of benzene rings is 2. The van der Waals surface area contributed by atoms with Crippen LogP contribution in [0, 0.1) is 12.8 Å². The van der Waals surface area contributed by atoms with Crippen LogP contribution in [0.25, 0.3) is 10.9 Å². The lowest BCUT2D eigenvalue weighted by Gasteiger charge is -2.25. The molecule has 1 aliphatic carbocycles. The summed E-state index contributed by atoms with van der Waals surface area (Å²) in [6.45, 7) is 1.62. The van der Waals surface area contributed by atoms with Crippen LogP contribution in [0.1, 0.15) is 53.2 Å². The van der Waals surface area contributed by atoms with Gasteiger partial charge in [0.05, 0.1) is 5.52 Å². The summed E-state index contributed by atoms with van der Waals surface area (Å²) in [6.07, 6.45) is -1.60. The van der Waals surface area contributed by atoms with Crippen LogP contribution in [-0.4, -0.2) is 27.9 Å². The molecule has 1 aliphatic rings. The van der Waals surface area contributed by atoms with E-state index in [0.717, 1.165) is 37.8 Å². The van der Waals surface area contributed by atoms with Gasteiger partial charge in [0, 0.05) is 28.5 Å². The van der Waals surface area contributed by atoms with Crippen molar-refractivity contribution < 1.29 is 37.7 Å². The molecule has 0 radical (unpaired) electrons. The number of aromatic nitrogens is 1. The maximum absolute atomic E-state index is 13.4. The van der Waals surface area contributed by atoms with Crippen LogP contribution in [0.5, 0.6) is 11.5 Å². The predicted octanol–water partition coefficient (Wildman–Crippen LogP) is 4.27. The first-order valence-corrected chi connectivity index (χ1v) is 10.5. The minimum Gasteiger partial charge on any atom is -0.549 e. The number of fused-ring (bicyclic) bond motifs is 1. The van der Waals surface area contributed by atoms with E-state index in [1.807, 2.05) is 0 Å². The Balaban J connectivity index is 1.82. The highest BCUT2D eigenvalue weighted by molar-refractivity contribution is 6.05. The fraction of sp³-hybridized carbons (Fsp3) is 0.333. The number of nitrogens with zero attached hydrogens (tertiary/aromatic N) is 1. The van der Waals surface area contributed by atoms with E-state index >= 15 is 0 Å². The first kappa shape index (κ1) is 22.7. The van der Waals surface area contributed by atoms with Gasteiger partial charge in [-0.25, -0.2) is 0 Å². The van der Waals surface area contributed by atoms with E-state index in [9.17, 15) is 33.0 Å². The molecule has 1 heterocycles. The summed E-state index contributed by atoms with van der Waals surface area (Å²) in [7, 11) is 0. The van der Waals surface area contributed by atoms with Crippen molar-refractivity contribution in [2.24, 2.45) is 5.92 Å². The van der Waals surface area contributed by atoms with E-state index in [1.54, 1.807) is 6.92 Å². The molecule has 6 nitrogen and oxygen atoms in total. The predicted molar refractivity (Wildman–Crippen MR) is 111 cm³/mol. The van der Waals surface area contributed by atoms with Crippen LogP contribution in [-0.2, 0) is 4.79 Å². The Hall–Kier alpha value is -3.49. The number of alkyl halides is 3. The highest BCUT2D eigenvalue weighted by Crippen LogP contribution is 2.43. The smallest absolute Gasteiger partial charge is 0.549 e. The van der Waals surface area contributed by atoms with E-state index in [2.05, 4.69) is 4.74 Å². The summed E-state index contributed by atoms with van der Waals surface area (Å²) in [5.74, 6) is -3.43. The standard InChI is InChI=1S/C24H22F3NO5/c1-13-20(21(23(31)32)14-4-2-3-5-14)18-12-16(29)8-11-19(18)28(13)22(30)15-6-9-17(10-7-15)33-24(25,26)27/h6-12,14,21,29H,2-5H2,1H3,(H,31,32)/p-1. The zero-order chi connectivity index (χ0) is 23.9. The zero-order valence-corrected chi connectivity index (χ0v) is 17.7. The molecule has 3 aromatic rings. The van der Waals surface area contributed by atoms with Crippen LogP contribution >= 0.6 is 0 Å². The average Bonchev–Trinajstić information content (AvgIpc) is 3.34.